The molecule has 1 amide bonds. The van der Waals surface area contributed by atoms with E-state index in [4.69, 9.17) is 0 Å². The van der Waals surface area contributed by atoms with Gasteiger partial charge in [-0.25, -0.2) is 0 Å². The molecule has 1 rings (SSSR count). The molecule has 0 fully saturated rings. The van der Waals surface area contributed by atoms with Gasteiger partial charge in [0.15, 0.2) is 0 Å². The van der Waals surface area contributed by atoms with Crippen molar-refractivity contribution in [2.75, 3.05) is 18.4 Å². The topological polar surface area (TPSA) is 41.1 Å². The first-order chi connectivity index (χ1) is 8.61. The first-order valence-electron chi connectivity index (χ1n) is 6.71. The van der Waals surface area contributed by atoms with Gasteiger partial charge in [-0.15, -0.1) is 0 Å². The first kappa shape index (κ1) is 14.7. The maximum atomic E-state index is 11.6. The summed E-state index contributed by atoms with van der Waals surface area (Å²) in [5.41, 5.74) is 2.14. The Hall–Kier alpha value is -1.35. The third kappa shape index (κ3) is 5.82. The molecule has 0 aliphatic carbocycles. The molecular weight excluding hydrogens is 224 g/mol. The quantitative estimate of drug-likeness (QED) is 0.729. The molecule has 0 spiro atoms. The van der Waals surface area contributed by atoms with Crippen LogP contribution in [0.5, 0.6) is 0 Å². The van der Waals surface area contributed by atoms with Crippen LogP contribution >= 0.6 is 0 Å². The van der Waals surface area contributed by atoms with Gasteiger partial charge in [-0.1, -0.05) is 32.9 Å². The molecular formula is C15H24N2O. The zero-order valence-electron chi connectivity index (χ0n) is 11.6. The van der Waals surface area contributed by atoms with Crippen molar-refractivity contribution in [2.45, 2.75) is 33.6 Å². The normalized spacial score (nSPS) is 10.7. The van der Waals surface area contributed by atoms with Gasteiger partial charge in [0.25, 0.3) is 0 Å². The standard InChI is InChI=1S/C15H24N2O/c1-4-13-5-7-14(8-6-13)17-15(18)11-16-10-9-12(2)3/h5-8,12,16H,4,9-11H2,1-3H3,(H,17,18). The Bertz CT molecular complexity index is 357. The van der Waals surface area contributed by atoms with Crippen LogP contribution in [0, 0.1) is 5.92 Å². The Kier molecular flexibility index (Phi) is 6.44. The smallest absolute Gasteiger partial charge is 0.238 e. The summed E-state index contributed by atoms with van der Waals surface area (Å²) >= 11 is 0. The van der Waals surface area contributed by atoms with E-state index in [9.17, 15) is 4.79 Å². The van der Waals surface area contributed by atoms with E-state index in [-0.39, 0.29) is 5.91 Å². The van der Waals surface area contributed by atoms with E-state index in [1.165, 1.54) is 5.56 Å². The van der Waals surface area contributed by atoms with Gasteiger partial charge in [-0.05, 0) is 43.0 Å². The van der Waals surface area contributed by atoms with Crippen LogP contribution in [-0.4, -0.2) is 19.0 Å². The zero-order chi connectivity index (χ0) is 13.4. The number of carbonyl (C=O) groups is 1. The van der Waals surface area contributed by atoms with Crippen molar-refractivity contribution in [3.8, 4) is 0 Å². The van der Waals surface area contributed by atoms with Gasteiger partial charge in [-0.2, -0.15) is 0 Å². The SMILES string of the molecule is CCc1ccc(NC(=O)CNCCC(C)C)cc1. The lowest BCUT2D eigenvalue weighted by molar-refractivity contribution is -0.115. The summed E-state index contributed by atoms with van der Waals surface area (Å²) in [6, 6.07) is 7.99. The fourth-order valence-corrected chi connectivity index (χ4v) is 1.62. The number of aryl methyl sites for hydroxylation is 1. The van der Waals surface area contributed by atoms with E-state index < -0.39 is 0 Å². The lowest BCUT2D eigenvalue weighted by Crippen LogP contribution is -2.29. The molecule has 0 atom stereocenters. The minimum atomic E-state index is 0.0167. The Labute approximate surface area is 110 Å². The molecule has 0 aliphatic rings. The van der Waals surface area contributed by atoms with Crippen LogP contribution in [0.2, 0.25) is 0 Å². The van der Waals surface area contributed by atoms with Crippen molar-refractivity contribution in [3.05, 3.63) is 29.8 Å². The van der Waals surface area contributed by atoms with Crippen LogP contribution in [0.1, 0.15) is 32.8 Å². The van der Waals surface area contributed by atoms with Crippen LogP contribution in [0.25, 0.3) is 0 Å². The predicted molar refractivity (Wildman–Crippen MR) is 76.8 cm³/mol. The van der Waals surface area contributed by atoms with E-state index in [1.54, 1.807) is 0 Å². The van der Waals surface area contributed by atoms with Crippen molar-refractivity contribution < 1.29 is 4.79 Å². The molecule has 0 saturated heterocycles. The molecule has 3 nitrogen and oxygen atoms in total. The Morgan fingerprint density at radius 1 is 1.22 bits per heavy atom. The van der Waals surface area contributed by atoms with E-state index in [0.717, 1.165) is 25.1 Å². The molecule has 18 heavy (non-hydrogen) atoms. The van der Waals surface area contributed by atoms with Gasteiger partial charge in [0, 0.05) is 5.69 Å². The number of rotatable bonds is 7. The van der Waals surface area contributed by atoms with Crippen LogP contribution in [-0.2, 0) is 11.2 Å². The van der Waals surface area contributed by atoms with Gasteiger partial charge in [0.05, 0.1) is 6.54 Å². The van der Waals surface area contributed by atoms with Gasteiger partial charge in [0.2, 0.25) is 5.91 Å². The Morgan fingerprint density at radius 3 is 2.44 bits per heavy atom. The van der Waals surface area contributed by atoms with Crippen molar-refractivity contribution in [2.24, 2.45) is 5.92 Å². The van der Waals surface area contributed by atoms with E-state index >= 15 is 0 Å². The fourth-order valence-electron chi connectivity index (χ4n) is 1.62. The summed E-state index contributed by atoms with van der Waals surface area (Å²) in [5, 5.41) is 6.03. The first-order valence-corrected chi connectivity index (χ1v) is 6.71. The molecule has 2 N–H and O–H groups in total. The number of amides is 1. The van der Waals surface area contributed by atoms with E-state index in [2.05, 4.69) is 31.4 Å². The third-order valence-electron chi connectivity index (χ3n) is 2.83. The lowest BCUT2D eigenvalue weighted by Gasteiger charge is -2.08. The number of carbonyl (C=O) groups excluding carboxylic acids is 1. The molecule has 0 bridgehead atoms. The maximum absolute atomic E-state index is 11.6. The number of nitrogens with one attached hydrogen (secondary N) is 2. The van der Waals surface area contributed by atoms with Gasteiger partial charge < -0.3 is 10.6 Å². The van der Waals surface area contributed by atoms with Gasteiger partial charge in [0.1, 0.15) is 0 Å². The summed E-state index contributed by atoms with van der Waals surface area (Å²) in [5.74, 6) is 0.685. The van der Waals surface area contributed by atoms with Crippen molar-refractivity contribution in [1.29, 1.82) is 0 Å². The van der Waals surface area contributed by atoms with Crippen molar-refractivity contribution in [1.82, 2.24) is 5.32 Å². The third-order valence-corrected chi connectivity index (χ3v) is 2.83. The van der Waals surface area contributed by atoms with Crippen molar-refractivity contribution in [3.63, 3.8) is 0 Å². The van der Waals surface area contributed by atoms with Gasteiger partial charge in [-0.3, -0.25) is 4.79 Å². The highest BCUT2D eigenvalue weighted by Gasteiger charge is 2.02. The lowest BCUT2D eigenvalue weighted by atomic mass is 10.1. The molecule has 100 valence electrons. The summed E-state index contributed by atoms with van der Waals surface area (Å²) in [6.07, 6.45) is 2.11. The summed E-state index contributed by atoms with van der Waals surface area (Å²) in [7, 11) is 0. The average molecular weight is 248 g/mol. The molecule has 3 heteroatoms. The van der Waals surface area contributed by atoms with Crippen molar-refractivity contribution >= 4 is 11.6 Å². The highest BCUT2D eigenvalue weighted by atomic mass is 16.1. The van der Waals surface area contributed by atoms with Crippen LogP contribution < -0.4 is 10.6 Å². The molecule has 0 heterocycles. The average Bonchev–Trinajstić information content (AvgIpc) is 2.35. The number of anilines is 1. The molecule has 0 radical (unpaired) electrons. The van der Waals surface area contributed by atoms with E-state index in [0.29, 0.717) is 12.5 Å². The minimum Gasteiger partial charge on any atom is -0.325 e. The molecule has 0 aliphatic heterocycles. The molecule has 1 aromatic rings. The number of hydrogen-bond donors (Lipinski definition) is 2. The van der Waals surface area contributed by atoms with Crippen LogP contribution in [0.4, 0.5) is 5.69 Å². The number of hydrogen-bond acceptors (Lipinski definition) is 2. The highest BCUT2D eigenvalue weighted by Crippen LogP contribution is 2.09. The van der Waals surface area contributed by atoms with Crippen LogP contribution in [0.15, 0.2) is 24.3 Å². The Balaban J connectivity index is 2.26. The maximum Gasteiger partial charge on any atom is 0.238 e. The largest absolute Gasteiger partial charge is 0.325 e. The molecule has 0 unspecified atom stereocenters. The monoisotopic (exact) mass is 248 g/mol. The number of benzene rings is 1. The highest BCUT2D eigenvalue weighted by molar-refractivity contribution is 5.92. The second-order valence-corrected chi connectivity index (χ2v) is 4.96. The van der Waals surface area contributed by atoms with Gasteiger partial charge >= 0.3 is 0 Å². The van der Waals surface area contributed by atoms with Crippen LogP contribution in [0.3, 0.4) is 0 Å². The molecule has 1 aromatic carbocycles. The predicted octanol–water partition coefficient (Wildman–Crippen LogP) is 2.82. The minimum absolute atomic E-state index is 0.0167. The fraction of sp³-hybridized carbons (Fsp3) is 0.533. The summed E-state index contributed by atoms with van der Waals surface area (Å²) in [4.78, 5) is 11.6. The second-order valence-electron chi connectivity index (χ2n) is 4.96. The second kappa shape index (κ2) is 7.88. The summed E-state index contributed by atoms with van der Waals surface area (Å²) < 4.78 is 0. The zero-order valence-corrected chi connectivity index (χ0v) is 11.6. The Morgan fingerprint density at radius 2 is 1.89 bits per heavy atom. The van der Waals surface area contributed by atoms with E-state index in [1.807, 2.05) is 24.3 Å². The molecule has 0 saturated carbocycles. The summed E-state index contributed by atoms with van der Waals surface area (Å²) in [6.45, 7) is 7.74. The molecule has 0 aromatic heterocycles.